The van der Waals surface area contributed by atoms with Gasteiger partial charge in [0.25, 0.3) is 0 Å². The van der Waals surface area contributed by atoms with Crippen molar-refractivity contribution in [2.24, 2.45) is 0 Å². The molecule has 1 aliphatic heterocycles. The largest absolute Gasteiger partial charge is 0.394 e. The Hall–Kier alpha value is -1.06. The standard InChI is InChI=1S/C16H22ClNO2/c1-3-14(11-19)18-10-4-9-16(2,15(18)20)12-5-7-13(17)8-6-12/h5-8,14,19H,3-4,9-11H2,1-2H3/t14-,16?/m0/s1. The van der Waals surface area contributed by atoms with Crippen LogP contribution in [0.5, 0.6) is 0 Å². The molecule has 110 valence electrons. The molecule has 3 nitrogen and oxygen atoms in total. The Bertz CT molecular complexity index is 470. The van der Waals surface area contributed by atoms with Crippen molar-refractivity contribution < 1.29 is 9.90 Å². The number of carbonyl (C=O) groups excluding carboxylic acids is 1. The molecule has 0 radical (unpaired) electrons. The van der Waals surface area contributed by atoms with Crippen molar-refractivity contribution in [1.29, 1.82) is 0 Å². The summed E-state index contributed by atoms with van der Waals surface area (Å²) in [6.07, 6.45) is 2.58. The summed E-state index contributed by atoms with van der Waals surface area (Å²) >= 11 is 5.93. The summed E-state index contributed by atoms with van der Waals surface area (Å²) < 4.78 is 0. The van der Waals surface area contributed by atoms with E-state index in [1.807, 2.05) is 43.0 Å². The Morgan fingerprint density at radius 3 is 2.60 bits per heavy atom. The zero-order valence-corrected chi connectivity index (χ0v) is 12.9. The average molecular weight is 296 g/mol. The summed E-state index contributed by atoms with van der Waals surface area (Å²) in [5.41, 5.74) is 0.496. The molecular weight excluding hydrogens is 274 g/mol. The van der Waals surface area contributed by atoms with Gasteiger partial charge in [0.15, 0.2) is 0 Å². The van der Waals surface area contributed by atoms with Gasteiger partial charge in [-0.25, -0.2) is 0 Å². The second-order valence-corrected chi connectivity index (χ2v) is 6.12. The molecule has 1 N–H and O–H groups in total. The summed E-state index contributed by atoms with van der Waals surface area (Å²) in [5, 5.41) is 10.1. The predicted octanol–water partition coefficient (Wildman–Crippen LogP) is 2.99. The molecule has 1 aromatic rings. The van der Waals surface area contributed by atoms with Gasteiger partial charge >= 0.3 is 0 Å². The molecule has 0 spiro atoms. The number of halogens is 1. The van der Waals surface area contributed by atoms with E-state index in [0.717, 1.165) is 31.4 Å². The number of likely N-dealkylation sites (tertiary alicyclic amines) is 1. The quantitative estimate of drug-likeness (QED) is 0.928. The number of aliphatic hydroxyl groups is 1. The van der Waals surface area contributed by atoms with Gasteiger partial charge in [-0.1, -0.05) is 30.7 Å². The minimum Gasteiger partial charge on any atom is -0.394 e. The Morgan fingerprint density at radius 1 is 1.40 bits per heavy atom. The van der Waals surface area contributed by atoms with E-state index in [1.54, 1.807) is 0 Å². The van der Waals surface area contributed by atoms with Gasteiger partial charge in [-0.05, 0) is 43.9 Å². The van der Waals surface area contributed by atoms with Crippen LogP contribution in [0.4, 0.5) is 0 Å². The number of carbonyl (C=O) groups is 1. The molecule has 1 heterocycles. The van der Waals surface area contributed by atoms with Gasteiger partial charge in [-0.3, -0.25) is 4.79 Å². The first kappa shape index (κ1) is 15.3. The Balaban J connectivity index is 2.30. The van der Waals surface area contributed by atoms with E-state index < -0.39 is 5.41 Å². The maximum atomic E-state index is 12.9. The molecule has 1 saturated heterocycles. The van der Waals surface area contributed by atoms with Crippen LogP contribution in [0.1, 0.15) is 38.7 Å². The highest BCUT2D eigenvalue weighted by Gasteiger charge is 2.42. The van der Waals surface area contributed by atoms with E-state index in [2.05, 4.69) is 0 Å². The van der Waals surface area contributed by atoms with E-state index in [4.69, 9.17) is 11.6 Å². The molecule has 1 fully saturated rings. The van der Waals surface area contributed by atoms with Crippen LogP contribution >= 0.6 is 11.6 Å². The Labute approximate surface area is 125 Å². The van der Waals surface area contributed by atoms with Crippen LogP contribution in [0.25, 0.3) is 0 Å². The first-order chi connectivity index (χ1) is 9.52. The molecule has 0 aliphatic carbocycles. The average Bonchev–Trinajstić information content (AvgIpc) is 2.45. The Kier molecular flexibility index (Phi) is 4.71. The maximum Gasteiger partial charge on any atom is 0.233 e. The van der Waals surface area contributed by atoms with Crippen molar-refractivity contribution in [3.8, 4) is 0 Å². The molecule has 2 rings (SSSR count). The monoisotopic (exact) mass is 295 g/mol. The molecule has 0 aromatic heterocycles. The molecule has 4 heteroatoms. The lowest BCUT2D eigenvalue weighted by molar-refractivity contribution is -0.143. The summed E-state index contributed by atoms with van der Waals surface area (Å²) in [6, 6.07) is 7.46. The van der Waals surface area contributed by atoms with Gasteiger partial charge in [-0.15, -0.1) is 0 Å². The fourth-order valence-corrected chi connectivity index (χ4v) is 3.14. The summed E-state index contributed by atoms with van der Waals surface area (Å²) in [5.74, 6) is 0.118. The number of hydrogen-bond acceptors (Lipinski definition) is 2. The lowest BCUT2D eigenvalue weighted by Gasteiger charge is -2.43. The number of aliphatic hydroxyl groups excluding tert-OH is 1. The maximum absolute atomic E-state index is 12.9. The number of hydrogen-bond donors (Lipinski definition) is 1. The van der Waals surface area contributed by atoms with Crippen molar-refractivity contribution in [3.05, 3.63) is 34.9 Å². The third kappa shape index (κ3) is 2.70. The first-order valence-electron chi connectivity index (χ1n) is 7.21. The van der Waals surface area contributed by atoms with Gasteiger partial charge in [0, 0.05) is 11.6 Å². The van der Waals surface area contributed by atoms with Crippen molar-refractivity contribution in [2.45, 2.75) is 44.6 Å². The van der Waals surface area contributed by atoms with Crippen molar-refractivity contribution in [3.63, 3.8) is 0 Å². The van der Waals surface area contributed by atoms with E-state index >= 15 is 0 Å². The second kappa shape index (κ2) is 6.15. The van der Waals surface area contributed by atoms with Crippen LogP contribution in [-0.4, -0.2) is 35.1 Å². The molecule has 2 atom stereocenters. The van der Waals surface area contributed by atoms with E-state index in [0.29, 0.717) is 5.02 Å². The van der Waals surface area contributed by atoms with Crippen LogP contribution in [0.15, 0.2) is 24.3 Å². The second-order valence-electron chi connectivity index (χ2n) is 5.69. The first-order valence-corrected chi connectivity index (χ1v) is 7.58. The summed E-state index contributed by atoms with van der Waals surface area (Å²) in [4.78, 5) is 14.7. The topological polar surface area (TPSA) is 40.5 Å². The van der Waals surface area contributed by atoms with Gasteiger partial charge in [0.2, 0.25) is 5.91 Å². The summed E-state index contributed by atoms with van der Waals surface area (Å²) in [7, 11) is 0. The molecular formula is C16H22ClNO2. The van der Waals surface area contributed by atoms with Gasteiger partial charge in [0.1, 0.15) is 0 Å². The minimum atomic E-state index is -0.509. The highest BCUT2D eigenvalue weighted by molar-refractivity contribution is 6.30. The summed E-state index contributed by atoms with van der Waals surface area (Å²) in [6.45, 7) is 4.76. The van der Waals surface area contributed by atoms with Crippen LogP contribution in [0.2, 0.25) is 5.02 Å². The fourth-order valence-electron chi connectivity index (χ4n) is 3.01. The van der Waals surface area contributed by atoms with Crippen molar-refractivity contribution >= 4 is 17.5 Å². The van der Waals surface area contributed by atoms with Crippen LogP contribution in [0, 0.1) is 0 Å². The van der Waals surface area contributed by atoms with Gasteiger partial charge in [-0.2, -0.15) is 0 Å². The highest BCUT2D eigenvalue weighted by atomic mass is 35.5. The Morgan fingerprint density at radius 2 is 2.05 bits per heavy atom. The fraction of sp³-hybridized carbons (Fsp3) is 0.562. The molecule has 0 bridgehead atoms. The normalized spacial score (nSPS) is 24.8. The number of amides is 1. The van der Waals surface area contributed by atoms with Gasteiger partial charge < -0.3 is 10.0 Å². The van der Waals surface area contributed by atoms with Crippen LogP contribution < -0.4 is 0 Å². The van der Waals surface area contributed by atoms with Crippen LogP contribution in [-0.2, 0) is 10.2 Å². The number of nitrogens with zero attached hydrogens (tertiary/aromatic N) is 1. The third-order valence-electron chi connectivity index (χ3n) is 4.41. The van der Waals surface area contributed by atoms with Gasteiger partial charge in [0.05, 0.1) is 18.1 Å². The number of rotatable bonds is 4. The number of benzene rings is 1. The minimum absolute atomic E-state index is 0.0267. The molecule has 20 heavy (non-hydrogen) atoms. The SMILES string of the molecule is CC[C@@H](CO)N1CCCC(C)(c2ccc(Cl)cc2)C1=O. The molecule has 1 aliphatic rings. The highest BCUT2D eigenvalue weighted by Crippen LogP contribution is 2.36. The van der Waals surface area contributed by atoms with E-state index in [9.17, 15) is 9.90 Å². The third-order valence-corrected chi connectivity index (χ3v) is 4.66. The smallest absolute Gasteiger partial charge is 0.233 e. The van der Waals surface area contributed by atoms with Crippen LogP contribution in [0.3, 0.4) is 0 Å². The van der Waals surface area contributed by atoms with Crippen molar-refractivity contribution in [1.82, 2.24) is 4.90 Å². The molecule has 0 saturated carbocycles. The zero-order chi connectivity index (χ0) is 14.8. The molecule has 1 unspecified atom stereocenters. The van der Waals surface area contributed by atoms with E-state index in [1.165, 1.54) is 0 Å². The molecule has 1 amide bonds. The van der Waals surface area contributed by atoms with Crippen molar-refractivity contribution in [2.75, 3.05) is 13.2 Å². The lowest BCUT2D eigenvalue weighted by atomic mass is 9.74. The lowest BCUT2D eigenvalue weighted by Crippen LogP contribution is -2.54. The van der Waals surface area contributed by atoms with E-state index in [-0.39, 0.29) is 18.6 Å². The predicted molar refractivity (Wildman–Crippen MR) is 80.9 cm³/mol. The molecule has 1 aromatic carbocycles. The zero-order valence-electron chi connectivity index (χ0n) is 12.1. The number of piperidine rings is 1.